The summed E-state index contributed by atoms with van der Waals surface area (Å²) in [7, 11) is 1.68. The third-order valence-corrected chi connectivity index (χ3v) is 3.16. The van der Waals surface area contributed by atoms with Crippen molar-refractivity contribution in [1.29, 1.82) is 0 Å². The fraction of sp³-hybridized carbons (Fsp3) is 0.909. The minimum Gasteiger partial charge on any atom is -0.358 e. The number of carbonyl (C=O) groups is 1. The predicted octanol–water partition coefficient (Wildman–Crippen LogP) is 1.29. The van der Waals surface area contributed by atoms with E-state index in [0.29, 0.717) is 5.41 Å². The summed E-state index contributed by atoms with van der Waals surface area (Å²) >= 11 is 0. The Kier molecular flexibility index (Phi) is 3.93. The summed E-state index contributed by atoms with van der Waals surface area (Å²) in [6.07, 6.45) is 5.19. The van der Waals surface area contributed by atoms with Gasteiger partial charge in [-0.2, -0.15) is 0 Å². The predicted molar refractivity (Wildman–Crippen MR) is 58.1 cm³/mol. The summed E-state index contributed by atoms with van der Waals surface area (Å²) in [4.78, 5) is 11.2. The third kappa shape index (κ3) is 2.98. The van der Waals surface area contributed by atoms with Crippen molar-refractivity contribution in [1.82, 2.24) is 10.6 Å². The van der Waals surface area contributed by atoms with E-state index >= 15 is 0 Å². The standard InChI is InChI=1S/C11H22N2O/c1-4-5-11(6-7-11)8-13-9(2)10(14)12-3/h9,13H,4-8H2,1-3H3,(H,12,14). The first-order chi connectivity index (χ1) is 6.63. The molecule has 0 heterocycles. The molecular formula is C11H22N2O. The van der Waals surface area contributed by atoms with Crippen molar-refractivity contribution in [2.24, 2.45) is 5.41 Å². The molecule has 0 aromatic carbocycles. The van der Waals surface area contributed by atoms with Gasteiger partial charge in [0.1, 0.15) is 0 Å². The molecule has 14 heavy (non-hydrogen) atoms. The molecule has 1 amide bonds. The Bertz CT molecular complexity index is 199. The minimum absolute atomic E-state index is 0.0608. The lowest BCUT2D eigenvalue weighted by Crippen LogP contribution is -2.42. The maximum absolute atomic E-state index is 11.2. The van der Waals surface area contributed by atoms with Gasteiger partial charge in [-0.1, -0.05) is 13.3 Å². The summed E-state index contributed by atoms with van der Waals surface area (Å²) in [5.74, 6) is 0.0808. The monoisotopic (exact) mass is 198 g/mol. The number of likely N-dealkylation sites (N-methyl/N-ethyl adjacent to an activating group) is 1. The maximum Gasteiger partial charge on any atom is 0.236 e. The van der Waals surface area contributed by atoms with E-state index in [1.165, 1.54) is 25.7 Å². The van der Waals surface area contributed by atoms with Crippen LogP contribution in [0, 0.1) is 5.41 Å². The summed E-state index contributed by atoms with van der Waals surface area (Å²) in [6.45, 7) is 5.14. The highest BCUT2D eigenvalue weighted by Gasteiger charge is 2.41. The molecule has 0 aromatic heterocycles. The molecule has 0 aliphatic heterocycles. The van der Waals surface area contributed by atoms with E-state index in [1.54, 1.807) is 7.05 Å². The van der Waals surface area contributed by atoms with E-state index < -0.39 is 0 Å². The Morgan fingerprint density at radius 3 is 2.57 bits per heavy atom. The number of rotatable bonds is 6. The van der Waals surface area contributed by atoms with E-state index in [2.05, 4.69) is 17.6 Å². The molecule has 1 aliphatic carbocycles. The van der Waals surface area contributed by atoms with Gasteiger partial charge in [-0.05, 0) is 31.6 Å². The fourth-order valence-corrected chi connectivity index (χ4v) is 1.90. The molecule has 3 nitrogen and oxygen atoms in total. The summed E-state index contributed by atoms with van der Waals surface area (Å²) < 4.78 is 0. The second kappa shape index (κ2) is 4.78. The molecule has 3 heteroatoms. The van der Waals surface area contributed by atoms with Crippen LogP contribution in [0.15, 0.2) is 0 Å². The Morgan fingerprint density at radius 2 is 2.14 bits per heavy atom. The molecule has 2 N–H and O–H groups in total. The number of nitrogens with one attached hydrogen (secondary N) is 2. The first-order valence-corrected chi connectivity index (χ1v) is 5.58. The van der Waals surface area contributed by atoms with Crippen molar-refractivity contribution in [2.45, 2.75) is 45.6 Å². The Morgan fingerprint density at radius 1 is 1.50 bits per heavy atom. The van der Waals surface area contributed by atoms with Crippen molar-refractivity contribution in [3.05, 3.63) is 0 Å². The van der Waals surface area contributed by atoms with Gasteiger partial charge in [-0.25, -0.2) is 0 Å². The van der Waals surface area contributed by atoms with Gasteiger partial charge in [0.25, 0.3) is 0 Å². The highest BCUT2D eigenvalue weighted by atomic mass is 16.2. The van der Waals surface area contributed by atoms with Crippen LogP contribution in [0.25, 0.3) is 0 Å². The van der Waals surface area contributed by atoms with Gasteiger partial charge in [0.15, 0.2) is 0 Å². The van der Waals surface area contributed by atoms with Gasteiger partial charge in [-0.3, -0.25) is 4.79 Å². The average molecular weight is 198 g/mol. The Hall–Kier alpha value is -0.570. The molecule has 0 saturated heterocycles. The summed E-state index contributed by atoms with van der Waals surface area (Å²) in [5, 5.41) is 5.96. The van der Waals surface area contributed by atoms with E-state index in [9.17, 15) is 4.79 Å². The summed E-state index contributed by atoms with van der Waals surface area (Å²) in [6, 6.07) is -0.0608. The molecule has 1 atom stereocenters. The maximum atomic E-state index is 11.2. The summed E-state index contributed by atoms with van der Waals surface area (Å²) in [5.41, 5.74) is 0.525. The van der Waals surface area contributed by atoms with E-state index in [4.69, 9.17) is 0 Å². The van der Waals surface area contributed by atoms with Crippen LogP contribution >= 0.6 is 0 Å². The van der Waals surface area contributed by atoms with Crippen molar-refractivity contribution in [3.63, 3.8) is 0 Å². The van der Waals surface area contributed by atoms with E-state index in [0.717, 1.165) is 6.54 Å². The van der Waals surface area contributed by atoms with Crippen LogP contribution in [0.4, 0.5) is 0 Å². The lowest BCUT2D eigenvalue weighted by atomic mass is 10.0. The van der Waals surface area contributed by atoms with Crippen LogP contribution in [0.2, 0.25) is 0 Å². The molecule has 0 bridgehead atoms. The van der Waals surface area contributed by atoms with Crippen LogP contribution in [0.5, 0.6) is 0 Å². The second-order valence-electron chi connectivity index (χ2n) is 4.47. The lowest BCUT2D eigenvalue weighted by Gasteiger charge is -2.18. The highest BCUT2D eigenvalue weighted by molar-refractivity contribution is 5.80. The molecule has 1 saturated carbocycles. The molecule has 0 spiro atoms. The normalized spacial score (nSPS) is 20.2. The topological polar surface area (TPSA) is 41.1 Å². The fourth-order valence-electron chi connectivity index (χ4n) is 1.90. The van der Waals surface area contributed by atoms with Gasteiger partial charge in [0.05, 0.1) is 6.04 Å². The van der Waals surface area contributed by atoms with Gasteiger partial charge >= 0.3 is 0 Å². The average Bonchev–Trinajstić information content (AvgIpc) is 2.94. The Balaban J connectivity index is 2.23. The van der Waals surface area contributed by atoms with Gasteiger partial charge in [-0.15, -0.1) is 0 Å². The van der Waals surface area contributed by atoms with E-state index in [-0.39, 0.29) is 11.9 Å². The number of carbonyl (C=O) groups excluding carboxylic acids is 1. The van der Waals surface area contributed by atoms with Gasteiger partial charge in [0.2, 0.25) is 5.91 Å². The SMILES string of the molecule is CCCC1(CNC(C)C(=O)NC)CC1. The lowest BCUT2D eigenvalue weighted by molar-refractivity contribution is -0.122. The smallest absolute Gasteiger partial charge is 0.236 e. The first kappa shape index (κ1) is 11.5. The van der Waals surface area contributed by atoms with Gasteiger partial charge < -0.3 is 10.6 Å². The van der Waals surface area contributed by atoms with Crippen LogP contribution in [-0.4, -0.2) is 25.5 Å². The number of amides is 1. The van der Waals surface area contributed by atoms with E-state index in [1.807, 2.05) is 6.92 Å². The van der Waals surface area contributed by atoms with Crippen LogP contribution in [-0.2, 0) is 4.79 Å². The van der Waals surface area contributed by atoms with Crippen LogP contribution in [0.1, 0.15) is 39.5 Å². The number of hydrogen-bond acceptors (Lipinski definition) is 2. The molecule has 1 rings (SSSR count). The Labute approximate surface area is 86.6 Å². The zero-order chi connectivity index (χ0) is 10.6. The molecular weight excluding hydrogens is 176 g/mol. The largest absolute Gasteiger partial charge is 0.358 e. The van der Waals surface area contributed by atoms with Crippen LogP contribution < -0.4 is 10.6 Å². The molecule has 0 aromatic rings. The number of hydrogen-bond donors (Lipinski definition) is 2. The van der Waals surface area contributed by atoms with Crippen molar-refractivity contribution < 1.29 is 4.79 Å². The molecule has 1 unspecified atom stereocenters. The highest BCUT2D eigenvalue weighted by Crippen LogP contribution is 2.48. The van der Waals surface area contributed by atoms with Crippen molar-refractivity contribution in [2.75, 3.05) is 13.6 Å². The zero-order valence-corrected chi connectivity index (χ0v) is 9.52. The van der Waals surface area contributed by atoms with Gasteiger partial charge in [0, 0.05) is 13.6 Å². The molecule has 1 aliphatic rings. The zero-order valence-electron chi connectivity index (χ0n) is 9.52. The minimum atomic E-state index is -0.0608. The second-order valence-corrected chi connectivity index (χ2v) is 4.47. The molecule has 1 fully saturated rings. The van der Waals surface area contributed by atoms with Crippen molar-refractivity contribution >= 4 is 5.91 Å². The quantitative estimate of drug-likeness (QED) is 0.675. The third-order valence-electron chi connectivity index (χ3n) is 3.16. The molecule has 82 valence electrons. The first-order valence-electron chi connectivity index (χ1n) is 5.58. The van der Waals surface area contributed by atoms with Crippen molar-refractivity contribution in [3.8, 4) is 0 Å². The van der Waals surface area contributed by atoms with Crippen LogP contribution in [0.3, 0.4) is 0 Å². The molecule has 0 radical (unpaired) electrons.